The zero-order valence-corrected chi connectivity index (χ0v) is 11.9. The molecule has 1 aromatic carbocycles. The van der Waals surface area contributed by atoms with Gasteiger partial charge in [0, 0.05) is 0 Å². The minimum atomic E-state index is -2.50. The maximum Gasteiger partial charge on any atom is 0.336 e. The molecule has 3 atom stereocenters. The van der Waals surface area contributed by atoms with E-state index >= 15 is 0 Å². The van der Waals surface area contributed by atoms with Crippen LogP contribution >= 0.6 is 0 Å². The highest BCUT2D eigenvalue weighted by atomic mass is 16.5. The van der Waals surface area contributed by atoms with Gasteiger partial charge in [-0.15, -0.1) is 0 Å². The Kier molecular flexibility index (Phi) is 5.75. The predicted molar refractivity (Wildman–Crippen MR) is 75.6 cm³/mol. The van der Waals surface area contributed by atoms with E-state index in [1.54, 1.807) is 18.2 Å². The van der Waals surface area contributed by atoms with E-state index in [1.165, 1.54) is 12.1 Å². The number of carbonyl (C=O) groups excluding carboxylic acids is 2. The largest absolute Gasteiger partial charge is 0.481 e. The number of carboxylic acids is 1. The van der Waals surface area contributed by atoms with E-state index in [4.69, 9.17) is 16.6 Å². The van der Waals surface area contributed by atoms with Gasteiger partial charge in [-0.1, -0.05) is 30.3 Å². The fourth-order valence-corrected chi connectivity index (χ4v) is 2.00. The van der Waals surface area contributed by atoms with E-state index in [0.717, 1.165) is 7.11 Å². The molecule has 0 bridgehead atoms. The molecule has 0 aromatic heterocycles. The first-order chi connectivity index (χ1) is 10.2. The lowest BCUT2D eigenvalue weighted by Gasteiger charge is -2.32. The van der Waals surface area contributed by atoms with Gasteiger partial charge in [0.15, 0.2) is 5.78 Å². The monoisotopic (exact) mass is 310 g/mol. The van der Waals surface area contributed by atoms with Gasteiger partial charge in [0.1, 0.15) is 6.10 Å². The molecule has 8 heteroatoms. The molecule has 22 heavy (non-hydrogen) atoms. The van der Waals surface area contributed by atoms with Crippen molar-refractivity contribution in [3.05, 3.63) is 35.9 Å². The number of carboxylic acid groups (broad SMARTS) is 1. The first-order valence-electron chi connectivity index (χ1n) is 6.37. The molecular formula is C14H18N2O6. The average molecular weight is 310 g/mol. The van der Waals surface area contributed by atoms with Gasteiger partial charge < -0.3 is 26.4 Å². The Labute approximate surface area is 126 Å². The van der Waals surface area contributed by atoms with E-state index < -0.39 is 41.8 Å². The summed E-state index contributed by atoms with van der Waals surface area (Å²) in [6.07, 6.45) is -2.45. The minimum absolute atomic E-state index is 0.200. The Bertz CT molecular complexity index is 562. The van der Waals surface area contributed by atoms with E-state index in [0.29, 0.717) is 0 Å². The van der Waals surface area contributed by atoms with Crippen molar-refractivity contribution < 1.29 is 29.3 Å². The van der Waals surface area contributed by atoms with Crippen LogP contribution in [0.4, 0.5) is 0 Å². The number of aliphatic carboxylic acids is 1. The Hall–Kier alpha value is -2.29. The van der Waals surface area contributed by atoms with Gasteiger partial charge >= 0.3 is 11.9 Å². The molecule has 0 aliphatic heterocycles. The molecule has 0 fully saturated rings. The molecule has 1 aromatic rings. The summed E-state index contributed by atoms with van der Waals surface area (Å²) >= 11 is 0. The fraction of sp³-hybridized carbons (Fsp3) is 0.357. The number of nitrogens with two attached hydrogens (primary N) is 2. The number of carbonyl (C=O) groups is 3. The number of methoxy groups -OCH3 is 1. The number of esters is 1. The minimum Gasteiger partial charge on any atom is -0.481 e. The molecule has 1 rings (SSSR count). The van der Waals surface area contributed by atoms with Crippen LogP contribution in [-0.2, 0) is 19.1 Å². The van der Waals surface area contributed by atoms with Crippen molar-refractivity contribution >= 4 is 17.7 Å². The van der Waals surface area contributed by atoms with E-state index in [1.807, 2.05) is 0 Å². The summed E-state index contributed by atoms with van der Waals surface area (Å²) in [6.45, 7) is 0. The third-order valence-corrected chi connectivity index (χ3v) is 3.21. The number of hydrogen-bond acceptors (Lipinski definition) is 7. The van der Waals surface area contributed by atoms with Crippen molar-refractivity contribution in [3.63, 3.8) is 0 Å². The summed E-state index contributed by atoms with van der Waals surface area (Å²) in [5.41, 5.74) is 8.99. The van der Waals surface area contributed by atoms with Crippen molar-refractivity contribution in [2.75, 3.05) is 7.11 Å². The summed E-state index contributed by atoms with van der Waals surface area (Å²) in [6, 6.07) is 6.21. The quantitative estimate of drug-likeness (QED) is 0.368. The Morgan fingerprint density at radius 3 is 2.27 bits per heavy atom. The lowest BCUT2D eigenvalue weighted by Crippen LogP contribution is -2.64. The highest BCUT2D eigenvalue weighted by molar-refractivity contribution is 6.12. The fourth-order valence-electron chi connectivity index (χ4n) is 2.00. The number of Topliss-reactive ketones (excluding diaryl/α,β-unsaturated/α-hetero) is 1. The van der Waals surface area contributed by atoms with Crippen LogP contribution in [0.3, 0.4) is 0 Å². The molecular weight excluding hydrogens is 292 g/mol. The first-order valence-corrected chi connectivity index (χ1v) is 6.37. The van der Waals surface area contributed by atoms with Crippen molar-refractivity contribution in [2.45, 2.75) is 24.1 Å². The Morgan fingerprint density at radius 1 is 1.27 bits per heavy atom. The Balaban J connectivity index is 3.23. The molecule has 0 saturated carbocycles. The summed E-state index contributed by atoms with van der Waals surface area (Å²) < 4.78 is 4.49. The van der Waals surface area contributed by atoms with Gasteiger partial charge in [0.2, 0.25) is 5.54 Å². The van der Waals surface area contributed by atoms with Crippen LogP contribution in [0.1, 0.15) is 18.1 Å². The van der Waals surface area contributed by atoms with Gasteiger partial charge in [0.05, 0.1) is 19.6 Å². The Morgan fingerprint density at radius 2 is 1.82 bits per heavy atom. The summed E-state index contributed by atoms with van der Waals surface area (Å²) in [7, 11) is 0.998. The van der Waals surface area contributed by atoms with Crippen LogP contribution in [0.2, 0.25) is 0 Å². The molecule has 8 nitrogen and oxygen atoms in total. The van der Waals surface area contributed by atoms with Gasteiger partial charge in [-0.3, -0.25) is 9.59 Å². The number of rotatable bonds is 7. The molecule has 0 unspecified atom stereocenters. The van der Waals surface area contributed by atoms with E-state index in [2.05, 4.69) is 4.74 Å². The van der Waals surface area contributed by atoms with Crippen molar-refractivity contribution in [2.24, 2.45) is 11.5 Å². The zero-order chi connectivity index (χ0) is 16.9. The van der Waals surface area contributed by atoms with Gasteiger partial charge in [-0.2, -0.15) is 0 Å². The first kappa shape index (κ1) is 17.8. The van der Waals surface area contributed by atoms with E-state index in [-0.39, 0.29) is 5.56 Å². The predicted octanol–water partition coefficient (Wildman–Crippen LogP) is -1.04. The van der Waals surface area contributed by atoms with Crippen LogP contribution < -0.4 is 11.5 Å². The molecule has 0 saturated heterocycles. The van der Waals surface area contributed by atoms with E-state index in [9.17, 15) is 19.5 Å². The third-order valence-electron chi connectivity index (χ3n) is 3.21. The molecule has 120 valence electrons. The molecule has 0 spiro atoms. The number of aliphatic hydroxyl groups is 1. The smallest absolute Gasteiger partial charge is 0.336 e. The highest BCUT2D eigenvalue weighted by Gasteiger charge is 2.52. The van der Waals surface area contributed by atoms with Crippen LogP contribution in [0, 0.1) is 0 Å². The number of aliphatic hydroxyl groups excluding tert-OH is 1. The maximum atomic E-state index is 12.3. The van der Waals surface area contributed by atoms with Crippen LogP contribution in [0.5, 0.6) is 0 Å². The SMILES string of the molecule is COC(=O)[C@@](N)(C(=O)[C@@H](N)CC(=O)O)[C@@H](O)c1ccccc1. The average Bonchev–Trinajstić information content (AvgIpc) is 2.51. The number of benzene rings is 1. The van der Waals surface area contributed by atoms with Gasteiger partial charge in [0.25, 0.3) is 0 Å². The number of hydrogen-bond donors (Lipinski definition) is 4. The van der Waals surface area contributed by atoms with Crippen LogP contribution in [0.15, 0.2) is 30.3 Å². The maximum absolute atomic E-state index is 12.3. The molecule has 0 heterocycles. The molecule has 0 radical (unpaired) electrons. The second kappa shape index (κ2) is 7.12. The summed E-state index contributed by atoms with van der Waals surface area (Å²) in [5.74, 6) is -3.64. The van der Waals surface area contributed by atoms with Gasteiger partial charge in [-0.05, 0) is 5.56 Å². The normalized spacial score (nSPS) is 16.2. The topological polar surface area (TPSA) is 153 Å². The molecule has 0 aliphatic carbocycles. The molecule has 6 N–H and O–H groups in total. The number of ether oxygens (including phenoxy) is 1. The zero-order valence-electron chi connectivity index (χ0n) is 11.9. The lowest BCUT2D eigenvalue weighted by molar-refractivity contribution is -0.158. The molecule has 0 amide bonds. The lowest BCUT2D eigenvalue weighted by atomic mass is 9.81. The standard InChI is InChI=1S/C14H18N2O6/c1-22-13(21)14(16,12(20)9(15)7-10(17)18)11(19)8-5-3-2-4-6-8/h2-6,9,11,19H,7,15-16H2,1H3,(H,17,18)/t9-,11-,14-/m0/s1. The number of ketones is 1. The summed E-state index contributed by atoms with van der Waals surface area (Å²) in [4.78, 5) is 35.0. The summed E-state index contributed by atoms with van der Waals surface area (Å²) in [5, 5.41) is 19.0. The van der Waals surface area contributed by atoms with Crippen LogP contribution in [-0.4, -0.2) is 46.6 Å². The highest BCUT2D eigenvalue weighted by Crippen LogP contribution is 2.27. The van der Waals surface area contributed by atoms with Crippen molar-refractivity contribution in [1.29, 1.82) is 0 Å². The van der Waals surface area contributed by atoms with Gasteiger partial charge in [-0.25, -0.2) is 4.79 Å². The van der Waals surface area contributed by atoms with Crippen molar-refractivity contribution in [1.82, 2.24) is 0 Å². The second-order valence-electron chi connectivity index (χ2n) is 4.74. The molecule has 0 aliphatic rings. The van der Waals surface area contributed by atoms with Crippen molar-refractivity contribution in [3.8, 4) is 0 Å². The third kappa shape index (κ3) is 3.48. The van der Waals surface area contributed by atoms with Crippen LogP contribution in [0.25, 0.3) is 0 Å². The second-order valence-corrected chi connectivity index (χ2v) is 4.74.